The molecule has 27 heavy (non-hydrogen) atoms. The number of anilines is 1. The maximum atomic E-state index is 12.5. The Bertz CT molecular complexity index is 893. The van der Waals surface area contributed by atoms with Crippen molar-refractivity contribution in [2.75, 3.05) is 11.9 Å². The second-order valence-corrected chi connectivity index (χ2v) is 7.14. The molecule has 2 heterocycles. The number of amides is 1. The van der Waals surface area contributed by atoms with Gasteiger partial charge >= 0.3 is 5.97 Å². The Labute approximate surface area is 162 Å². The number of halogens is 1. The molecule has 1 aliphatic rings. The quantitative estimate of drug-likeness (QED) is 0.810. The van der Waals surface area contributed by atoms with Gasteiger partial charge in [0, 0.05) is 12.1 Å². The third-order valence-corrected chi connectivity index (χ3v) is 4.92. The first-order valence-corrected chi connectivity index (χ1v) is 9.07. The number of rotatable bonds is 4. The van der Waals surface area contributed by atoms with Crippen molar-refractivity contribution in [1.82, 2.24) is 9.78 Å². The standard InChI is InChI=1S/C19H22ClN3O4/c1-10-17(11(2)23(4)22-10)21-18(24)12(3)27-19(25)14-7-13-8-15(20)5-6-16(13)26-9-14/h5-6,8,12,14H,7,9H2,1-4H3,(H,21,24)/t12-,14+/m1/s1. The van der Waals surface area contributed by atoms with E-state index in [9.17, 15) is 9.59 Å². The van der Waals surface area contributed by atoms with Gasteiger partial charge in [-0.05, 0) is 51.0 Å². The highest BCUT2D eigenvalue weighted by molar-refractivity contribution is 6.30. The smallest absolute Gasteiger partial charge is 0.313 e. The van der Waals surface area contributed by atoms with Gasteiger partial charge in [0.1, 0.15) is 12.4 Å². The molecule has 1 aliphatic heterocycles. The number of aryl methyl sites for hydroxylation is 2. The number of carbonyl (C=O) groups excluding carboxylic acids is 2. The number of nitrogens with zero attached hydrogens (tertiary/aromatic N) is 2. The Balaban J connectivity index is 1.61. The Morgan fingerprint density at radius 3 is 2.81 bits per heavy atom. The van der Waals surface area contributed by atoms with Crippen LogP contribution in [0.1, 0.15) is 23.9 Å². The molecular weight excluding hydrogens is 370 g/mol. The van der Waals surface area contributed by atoms with E-state index in [0.29, 0.717) is 22.8 Å². The predicted octanol–water partition coefficient (Wildman–Crippen LogP) is 2.81. The molecule has 0 saturated carbocycles. The zero-order valence-electron chi connectivity index (χ0n) is 15.7. The summed E-state index contributed by atoms with van der Waals surface area (Å²) in [6.07, 6.45) is -0.471. The molecule has 2 aromatic rings. The van der Waals surface area contributed by atoms with Crippen molar-refractivity contribution < 1.29 is 19.1 Å². The molecule has 1 aromatic heterocycles. The predicted molar refractivity (Wildman–Crippen MR) is 101 cm³/mol. The van der Waals surface area contributed by atoms with E-state index in [2.05, 4.69) is 10.4 Å². The molecule has 1 N–H and O–H groups in total. The number of ether oxygens (including phenoxy) is 2. The van der Waals surface area contributed by atoms with E-state index in [0.717, 1.165) is 17.0 Å². The maximum absolute atomic E-state index is 12.5. The zero-order chi connectivity index (χ0) is 19.7. The first-order chi connectivity index (χ1) is 12.8. The SMILES string of the molecule is Cc1nn(C)c(C)c1NC(=O)[C@@H](C)OC(=O)[C@@H]1COc2ccc(Cl)cc2C1. The third-order valence-electron chi connectivity index (χ3n) is 4.68. The van der Waals surface area contributed by atoms with Crippen molar-refractivity contribution in [1.29, 1.82) is 0 Å². The third kappa shape index (κ3) is 4.08. The minimum Gasteiger partial charge on any atom is -0.492 e. The monoisotopic (exact) mass is 391 g/mol. The molecule has 8 heteroatoms. The Hall–Kier alpha value is -2.54. The van der Waals surface area contributed by atoms with Gasteiger partial charge in [0.2, 0.25) is 0 Å². The van der Waals surface area contributed by atoms with Crippen molar-refractivity contribution >= 4 is 29.2 Å². The van der Waals surface area contributed by atoms with Gasteiger partial charge in [0.25, 0.3) is 5.91 Å². The highest BCUT2D eigenvalue weighted by atomic mass is 35.5. The van der Waals surface area contributed by atoms with Gasteiger partial charge in [-0.15, -0.1) is 0 Å². The van der Waals surface area contributed by atoms with Crippen molar-refractivity contribution in [3.8, 4) is 5.75 Å². The molecular formula is C19H22ClN3O4. The Morgan fingerprint density at radius 1 is 1.41 bits per heavy atom. The van der Waals surface area contributed by atoms with E-state index < -0.39 is 23.9 Å². The number of benzene rings is 1. The van der Waals surface area contributed by atoms with Crippen LogP contribution in [0.25, 0.3) is 0 Å². The van der Waals surface area contributed by atoms with Gasteiger partial charge in [0.05, 0.1) is 23.0 Å². The number of nitrogens with one attached hydrogen (secondary N) is 1. The lowest BCUT2D eigenvalue weighted by Gasteiger charge is -2.25. The van der Waals surface area contributed by atoms with Crippen LogP contribution in [0.2, 0.25) is 5.02 Å². The lowest BCUT2D eigenvalue weighted by molar-refractivity contribution is -0.158. The number of esters is 1. The van der Waals surface area contributed by atoms with Crippen molar-refractivity contribution in [3.63, 3.8) is 0 Å². The summed E-state index contributed by atoms with van der Waals surface area (Å²) in [7, 11) is 1.80. The van der Waals surface area contributed by atoms with Crippen LogP contribution in [-0.2, 0) is 27.8 Å². The summed E-state index contributed by atoms with van der Waals surface area (Å²) in [5, 5.41) is 7.62. The number of hydrogen-bond acceptors (Lipinski definition) is 5. The summed E-state index contributed by atoms with van der Waals surface area (Å²) < 4.78 is 12.7. The van der Waals surface area contributed by atoms with E-state index in [1.165, 1.54) is 0 Å². The van der Waals surface area contributed by atoms with Gasteiger partial charge in [-0.1, -0.05) is 11.6 Å². The minimum atomic E-state index is -0.933. The summed E-state index contributed by atoms with van der Waals surface area (Å²) in [6.45, 7) is 5.42. The molecule has 1 aromatic carbocycles. The normalized spacial score (nSPS) is 16.9. The second-order valence-electron chi connectivity index (χ2n) is 6.70. The van der Waals surface area contributed by atoms with Crippen molar-refractivity contribution in [2.24, 2.45) is 13.0 Å². The largest absolute Gasteiger partial charge is 0.492 e. The average molecular weight is 392 g/mol. The highest BCUT2D eigenvalue weighted by Gasteiger charge is 2.30. The van der Waals surface area contributed by atoms with Crippen molar-refractivity contribution in [3.05, 3.63) is 40.2 Å². The van der Waals surface area contributed by atoms with E-state index in [4.69, 9.17) is 21.1 Å². The zero-order valence-corrected chi connectivity index (χ0v) is 16.5. The van der Waals surface area contributed by atoms with Crippen LogP contribution in [0, 0.1) is 19.8 Å². The molecule has 2 atom stereocenters. The van der Waals surface area contributed by atoms with Gasteiger partial charge in [-0.2, -0.15) is 5.10 Å². The van der Waals surface area contributed by atoms with Crippen LogP contribution < -0.4 is 10.1 Å². The molecule has 7 nitrogen and oxygen atoms in total. The van der Waals surface area contributed by atoms with Crippen LogP contribution in [0.5, 0.6) is 5.75 Å². The molecule has 0 fully saturated rings. The molecule has 1 amide bonds. The minimum absolute atomic E-state index is 0.211. The van der Waals surface area contributed by atoms with Crippen LogP contribution in [-0.4, -0.2) is 34.4 Å². The summed E-state index contributed by atoms with van der Waals surface area (Å²) in [5.41, 5.74) is 3.02. The van der Waals surface area contributed by atoms with E-state index >= 15 is 0 Å². The molecule has 0 unspecified atom stereocenters. The Morgan fingerprint density at radius 2 is 2.15 bits per heavy atom. The highest BCUT2D eigenvalue weighted by Crippen LogP contribution is 2.30. The molecule has 0 bridgehead atoms. The van der Waals surface area contributed by atoms with Crippen LogP contribution in [0.3, 0.4) is 0 Å². The first kappa shape index (κ1) is 19.2. The number of aromatic nitrogens is 2. The fourth-order valence-electron chi connectivity index (χ4n) is 3.02. The number of carbonyl (C=O) groups is 2. The van der Waals surface area contributed by atoms with Crippen LogP contribution in [0.4, 0.5) is 5.69 Å². The van der Waals surface area contributed by atoms with Gasteiger partial charge in [-0.25, -0.2) is 0 Å². The summed E-state index contributed by atoms with van der Waals surface area (Å²) >= 11 is 6.00. The fourth-order valence-corrected chi connectivity index (χ4v) is 3.21. The topological polar surface area (TPSA) is 82.5 Å². The number of fused-ring (bicyclic) bond motifs is 1. The van der Waals surface area contributed by atoms with Gasteiger partial charge in [0.15, 0.2) is 6.10 Å². The molecule has 0 radical (unpaired) electrons. The second kappa shape index (κ2) is 7.60. The van der Waals surface area contributed by atoms with E-state index in [1.54, 1.807) is 43.8 Å². The number of hydrogen-bond donors (Lipinski definition) is 1. The molecule has 0 spiro atoms. The summed E-state index contributed by atoms with van der Waals surface area (Å²) in [5.74, 6) is -0.629. The molecule has 0 saturated heterocycles. The fraction of sp³-hybridized carbons (Fsp3) is 0.421. The van der Waals surface area contributed by atoms with Crippen molar-refractivity contribution in [2.45, 2.75) is 33.3 Å². The first-order valence-electron chi connectivity index (χ1n) is 8.69. The van der Waals surface area contributed by atoms with Crippen LogP contribution >= 0.6 is 11.6 Å². The van der Waals surface area contributed by atoms with Gasteiger partial charge < -0.3 is 14.8 Å². The lowest BCUT2D eigenvalue weighted by atomic mass is 9.97. The summed E-state index contributed by atoms with van der Waals surface area (Å²) in [4.78, 5) is 24.9. The Kier molecular flexibility index (Phi) is 5.41. The van der Waals surface area contributed by atoms with Gasteiger partial charge in [-0.3, -0.25) is 14.3 Å². The molecule has 0 aliphatic carbocycles. The van der Waals surface area contributed by atoms with Crippen LogP contribution in [0.15, 0.2) is 18.2 Å². The van der Waals surface area contributed by atoms with E-state index in [1.807, 2.05) is 6.92 Å². The lowest BCUT2D eigenvalue weighted by Crippen LogP contribution is -2.36. The van der Waals surface area contributed by atoms with E-state index in [-0.39, 0.29) is 6.61 Å². The average Bonchev–Trinajstić information content (AvgIpc) is 2.86. The molecule has 144 valence electrons. The molecule has 3 rings (SSSR count). The maximum Gasteiger partial charge on any atom is 0.313 e. The summed E-state index contributed by atoms with van der Waals surface area (Å²) in [6, 6.07) is 5.31.